The summed E-state index contributed by atoms with van der Waals surface area (Å²) in [7, 11) is 0. The van der Waals surface area contributed by atoms with Crippen LogP contribution in [-0.2, 0) is 14.4 Å². The fourth-order valence-corrected chi connectivity index (χ4v) is 3.72. The van der Waals surface area contributed by atoms with Crippen LogP contribution in [0.2, 0.25) is 0 Å². The van der Waals surface area contributed by atoms with Crippen molar-refractivity contribution in [1.29, 1.82) is 0 Å². The van der Waals surface area contributed by atoms with Crippen LogP contribution in [-0.4, -0.2) is 61.8 Å². The molecular weight excluding hydrogens is 338 g/mol. The molecular formula is C18H35N3O3S. The van der Waals surface area contributed by atoms with Crippen LogP contribution in [0.1, 0.15) is 52.4 Å². The van der Waals surface area contributed by atoms with E-state index in [2.05, 4.69) is 11.6 Å². The van der Waals surface area contributed by atoms with E-state index in [0.717, 1.165) is 19.6 Å². The molecule has 0 radical (unpaired) electrons. The Morgan fingerprint density at radius 2 is 2.04 bits per heavy atom. The molecule has 25 heavy (non-hydrogen) atoms. The molecule has 0 aromatic carbocycles. The highest BCUT2D eigenvalue weighted by Gasteiger charge is 2.43. The summed E-state index contributed by atoms with van der Waals surface area (Å²) in [6.45, 7) is 7.76. The summed E-state index contributed by atoms with van der Waals surface area (Å²) in [6, 6.07) is 0. The Labute approximate surface area is 157 Å². The third-order valence-electron chi connectivity index (χ3n) is 5.07. The van der Waals surface area contributed by atoms with E-state index in [1.807, 2.05) is 23.1 Å². The van der Waals surface area contributed by atoms with Gasteiger partial charge in [-0.2, -0.15) is 5.06 Å². The number of nitrogens with zero attached hydrogens (tertiary/aromatic N) is 2. The zero-order valence-electron chi connectivity index (χ0n) is 16.1. The number of amides is 1. The Morgan fingerprint density at radius 3 is 2.60 bits per heavy atom. The lowest BCUT2D eigenvalue weighted by Crippen LogP contribution is -2.56. The van der Waals surface area contributed by atoms with Crippen LogP contribution in [0.25, 0.3) is 0 Å². The zero-order chi connectivity index (χ0) is 18.1. The minimum atomic E-state index is -0.364. The van der Waals surface area contributed by atoms with Crippen LogP contribution in [0.15, 0.2) is 0 Å². The SMILES string of the molecule is CCCN(CN(CNSC)OCC1CCCCC1)C(=O)C1(C)COC1. The van der Waals surface area contributed by atoms with Crippen LogP contribution in [0.5, 0.6) is 0 Å². The van der Waals surface area contributed by atoms with E-state index in [9.17, 15) is 4.79 Å². The van der Waals surface area contributed by atoms with Crippen molar-refractivity contribution >= 4 is 17.9 Å². The van der Waals surface area contributed by atoms with Crippen molar-refractivity contribution in [3.63, 3.8) is 0 Å². The number of nitrogens with one attached hydrogen (secondary N) is 1. The van der Waals surface area contributed by atoms with Crippen molar-refractivity contribution in [3.8, 4) is 0 Å². The van der Waals surface area contributed by atoms with E-state index < -0.39 is 0 Å². The van der Waals surface area contributed by atoms with Crippen LogP contribution in [0, 0.1) is 11.3 Å². The van der Waals surface area contributed by atoms with Gasteiger partial charge in [-0.05, 0) is 38.4 Å². The molecule has 2 rings (SSSR count). The highest BCUT2D eigenvalue weighted by atomic mass is 32.2. The molecule has 0 bridgehead atoms. The summed E-state index contributed by atoms with van der Waals surface area (Å²) in [4.78, 5) is 20.9. The van der Waals surface area contributed by atoms with E-state index in [1.165, 1.54) is 32.1 Å². The quantitative estimate of drug-likeness (QED) is 0.341. The average molecular weight is 374 g/mol. The number of hydrogen-bond donors (Lipinski definition) is 1. The molecule has 0 aromatic heterocycles. The standard InChI is InChI=1S/C18H35N3O3S/c1-4-10-20(17(22)18(2)12-23-13-18)15-21(14-19-25-3)24-11-16-8-6-5-7-9-16/h16,19H,4-15H2,1-3H3. The molecule has 1 aliphatic carbocycles. The Balaban J connectivity index is 1.90. The highest BCUT2D eigenvalue weighted by Crippen LogP contribution is 2.29. The van der Waals surface area contributed by atoms with Crippen molar-refractivity contribution in [3.05, 3.63) is 0 Å². The van der Waals surface area contributed by atoms with Crippen LogP contribution in [0.3, 0.4) is 0 Å². The summed E-state index contributed by atoms with van der Waals surface area (Å²) >= 11 is 1.57. The Morgan fingerprint density at radius 1 is 1.32 bits per heavy atom. The maximum atomic E-state index is 12.9. The topological polar surface area (TPSA) is 54.0 Å². The number of hydrogen-bond acceptors (Lipinski definition) is 6. The van der Waals surface area contributed by atoms with Gasteiger partial charge in [0.2, 0.25) is 5.91 Å². The Bertz CT molecular complexity index is 401. The van der Waals surface area contributed by atoms with Crippen molar-refractivity contribution in [2.24, 2.45) is 11.3 Å². The predicted molar refractivity (Wildman–Crippen MR) is 102 cm³/mol. The molecule has 1 saturated carbocycles. The summed E-state index contributed by atoms with van der Waals surface area (Å²) in [6.07, 6.45) is 9.45. The summed E-state index contributed by atoms with van der Waals surface area (Å²) in [5.74, 6) is 0.828. The smallest absolute Gasteiger partial charge is 0.234 e. The minimum absolute atomic E-state index is 0.177. The van der Waals surface area contributed by atoms with E-state index in [4.69, 9.17) is 9.57 Å². The maximum absolute atomic E-state index is 12.9. The molecule has 7 heteroatoms. The monoisotopic (exact) mass is 373 g/mol. The number of carbonyl (C=O) groups excluding carboxylic acids is 1. The Hall–Kier alpha value is -0.340. The lowest BCUT2D eigenvalue weighted by atomic mass is 9.87. The molecule has 0 aromatic rings. The first kappa shape index (κ1) is 21.0. The lowest BCUT2D eigenvalue weighted by molar-refractivity contribution is -0.206. The van der Waals surface area contributed by atoms with E-state index in [0.29, 0.717) is 32.5 Å². The second kappa shape index (κ2) is 10.7. The third kappa shape index (κ3) is 6.40. The van der Waals surface area contributed by atoms with Gasteiger partial charge in [-0.3, -0.25) is 9.63 Å². The van der Waals surface area contributed by atoms with Gasteiger partial charge in [-0.1, -0.05) is 38.1 Å². The van der Waals surface area contributed by atoms with Crippen molar-refractivity contribution < 1.29 is 14.4 Å². The molecule has 1 saturated heterocycles. The van der Waals surface area contributed by atoms with E-state index >= 15 is 0 Å². The molecule has 1 heterocycles. The first-order valence-corrected chi connectivity index (χ1v) is 10.8. The average Bonchev–Trinajstić information content (AvgIpc) is 2.61. The molecule has 1 amide bonds. The fourth-order valence-electron chi connectivity index (χ4n) is 3.45. The first-order chi connectivity index (χ1) is 12.1. The summed E-state index contributed by atoms with van der Waals surface area (Å²) in [5, 5.41) is 1.90. The molecule has 6 nitrogen and oxygen atoms in total. The molecule has 0 spiro atoms. The summed E-state index contributed by atoms with van der Waals surface area (Å²) in [5.41, 5.74) is -0.364. The highest BCUT2D eigenvalue weighted by molar-refractivity contribution is 7.96. The number of ether oxygens (including phenoxy) is 1. The molecule has 0 unspecified atom stereocenters. The first-order valence-electron chi connectivity index (χ1n) is 9.60. The predicted octanol–water partition coefficient (Wildman–Crippen LogP) is 2.86. The second-order valence-electron chi connectivity index (χ2n) is 7.55. The minimum Gasteiger partial charge on any atom is -0.379 e. The molecule has 1 N–H and O–H groups in total. The van der Waals surface area contributed by atoms with Gasteiger partial charge in [0.25, 0.3) is 0 Å². The van der Waals surface area contributed by atoms with Crippen LogP contribution >= 0.6 is 11.9 Å². The Kier molecular flexibility index (Phi) is 8.99. The molecule has 2 fully saturated rings. The van der Waals surface area contributed by atoms with Crippen molar-refractivity contribution in [1.82, 2.24) is 14.7 Å². The lowest BCUT2D eigenvalue weighted by Gasteiger charge is -2.41. The number of rotatable bonds is 11. The van der Waals surface area contributed by atoms with Gasteiger partial charge in [0.1, 0.15) is 0 Å². The number of hydroxylamine groups is 2. The zero-order valence-corrected chi connectivity index (χ0v) is 16.9. The van der Waals surface area contributed by atoms with E-state index in [1.54, 1.807) is 11.9 Å². The van der Waals surface area contributed by atoms with Gasteiger partial charge in [-0.15, -0.1) is 0 Å². The van der Waals surface area contributed by atoms with Gasteiger partial charge in [-0.25, -0.2) is 4.72 Å². The van der Waals surface area contributed by atoms with Crippen molar-refractivity contribution in [2.75, 3.05) is 46.0 Å². The third-order valence-corrected chi connectivity index (χ3v) is 5.49. The van der Waals surface area contributed by atoms with Crippen LogP contribution in [0.4, 0.5) is 0 Å². The van der Waals surface area contributed by atoms with Crippen LogP contribution < -0.4 is 4.72 Å². The molecule has 1 aliphatic heterocycles. The van der Waals surface area contributed by atoms with Gasteiger partial charge < -0.3 is 9.64 Å². The maximum Gasteiger partial charge on any atom is 0.234 e. The largest absolute Gasteiger partial charge is 0.379 e. The molecule has 2 aliphatic rings. The molecule has 146 valence electrons. The molecule has 0 atom stereocenters. The second-order valence-corrected chi connectivity index (χ2v) is 8.25. The fraction of sp³-hybridized carbons (Fsp3) is 0.944. The van der Waals surface area contributed by atoms with Gasteiger partial charge in [0.05, 0.1) is 38.6 Å². The van der Waals surface area contributed by atoms with Crippen molar-refractivity contribution in [2.45, 2.75) is 52.4 Å². The van der Waals surface area contributed by atoms with E-state index in [-0.39, 0.29) is 11.3 Å². The normalized spacial score (nSPS) is 20.5. The summed E-state index contributed by atoms with van der Waals surface area (Å²) < 4.78 is 8.52. The number of carbonyl (C=O) groups is 1. The van der Waals surface area contributed by atoms with Gasteiger partial charge >= 0.3 is 0 Å². The van der Waals surface area contributed by atoms with Gasteiger partial charge in [0.15, 0.2) is 0 Å². The van der Waals surface area contributed by atoms with Gasteiger partial charge in [0, 0.05) is 6.54 Å².